The third-order valence-electron chi connectivity index (χ3n) is 13.6. The van der Waals surface area contributed by atoms with Gasteiger partial charge in [0.05, 0.1) is 6.04 Å². The van der Waals surface area contributed by atoms with Gasteiger partial charge in [-0.2, -0.15) is 0 Å². The maximum Gasteiger partial charge on any atom is 0.0626 e. The van der Waals surface area contributed by atoms with Crippen molar-refractivity contribution in [2.75, 3.05) is 9.80 Å². The standard InChI is InChI=1S/C54H50N2/c1-3-12-37(13-4-1)39-22-28-45(29-23-39)55-51-20-9-7-18-47(51)49-35-43(26-32-53(49)55)44-27-33-54-50(36-44)48-19-8-10-21-52(48)56(54)46-30-24-40(25-31-46)42-17-11-16-41(34-42)38-14-5-2-6-15-38/h1,3-4,8-9,11-14,17,19-20,22-34,36,41,49-50,54H,2,5-7,10,15-16,18,21,35H2. The summed E-state index contributed by atoms with van der Waals surface area (Å²) in [5.41, 5.74) is 19.8. The van der Waals surface area contributed by atoms with E-state index in [9.17, 15) is 0 Å². The van der Waals surface area contributed by atoms with Crippen LogP contribution < -0.4 is 9.80 Å². The Bertz CT molecular complexity index is 2410. The molecule has 3 aromatic rings. The van der Waals surface area contributed by atoms with E-state index in [1.165, 1.54) is 93.1 Å². The highest BCUT2D eigenvalue weighted by atomic mass is 15.2. The lowest BCUT2D eigenvalue weighted by atomic mass is 9.78. The summed E-state index contributed by atoms with van der Waals surface area (Å²) >= 11 is 0. The molecule has 11 rings (SSSR count). The molecule has 0 saturated carbocycles. The van der Waals surface area contributed by atoms with Crippen LogP contribution in [0.15, 0.2) is 203 Å². The predicted molar refractivity (Wildman–Crippen MR) is 235 cm³/mol. The van der Waals surface area contributed by atoms with Crippen LogP contribution in [0, 0.1) is 17.8 Å². The molecule has 4 unspecified atom stereocenters. The molecule has 0 fully saturated rings. The topological polar surface area (TPSA) is 6.48 Å². The Hall–Kier alpha value is -5.60. The fourth-order valence-electron chi connectivity index (χ4n) is 10.8. The monoisotopic (exact) mass is 726 g/mol. The van der Waals surface area contributed by atoms with Crippen molar-refractivity contribution in [1.82, 2.24) is 0 Å². The third kappa shape index (κ3) is 5.84. The molecule has 2 aliphatic heterocycles. The van der Waals surface area contributed by atoms with E-state index in [2.05, 4.69) is 168 Å². The van der Waals surface area contributed by atoms with Gasteiger partial charge in [-0.1, -0.05) is 127 Å². The fraction of sp³-hybridized carbons (Fsp3) is 0.259. The van der Waals surface area contributed by atoms with Gasteiger partial charge in [0, 0.05) is 46.2 Å². The summed E-state index contributed by atoms with van der Waals surface area (Å²) in [5, 5.41) is 0. The molecule has 0 amide bonds. The number of fused-ring (bicyclic) bond motifs is 4. The smallest absolute Gasteiger partial charge is 0.0626 e. The molecule has 276 valence electrons. The number of allylic oxidation sites excluding steroid dienone is 17. The SMILES string of the molecule is C1=CC2=C(CC1)C1CC(C3=CC4C5=C(CCC=C5)N(c5ccc(C6=CC(C7=CCCCC7)CC=C6)cc5)C4C=C3)=CC=C1N2c1ccc(-c2ccccc2)cc1. The fourth-order valence-corrected chi connectivity index (χ4v) is 10.8. The molecule has 3 aromatic carbocycles. The second-order valence-electron chi connectivity index (χ2n) is 16.8. The zero-order valence-corrected chi connectivity index (χ0v) is 32.3. The van der Waals surface area contributed by atoms with E-state index in [0.29, 0.717) is 23.8 Å². The van der Waals surface area contributed by atoms with Crippen LogP contribution in [0.25, 0.3) is 16.7 Å². The van der Waals surface area contributed by atoms with Crippen molar-refractivity contribution in [1.29, 1.82) is 0 Å². The van der Waals surface area contributed by atoms with E-state index in [-0.39, 0.29) is 0 Å². The van der Waals surface area contributed by atoms with Crippen LogP contribution in [-0.2, 0) is 0 Å². The van der Waals surface area contributed by atoms with E-state index >= 15 is 0 Å². The van der Waals surface area contributed by atoms with E-state index in [1.54, 1.807) is 11.1 Å². The minimum Gasteiger partial charge on any atom is -0.337 e. The second-order valence-corrected chi connectivity index (χ2v) is 16.8. The van der Waals surface area contributed by atoms with Gasteiger partial charge in [-0.15, -0.1) is 0 Å². The van der Waals surface area contributed by atoms with Gasteiger partial charge in [-0.3, -0.25) is 0 Å². The maximum atomic E-state index is 2.66. The number of hydrogen-bond donors (Lipinski definition) is 0. The molecule has 0 aromatic heterocycles. The number of nitrogens with zero attached hydrogens (tertiary/aromatic N) is 2. The van der Waals surface area contributed by atoms with E-state index < -0.39 is 0 Å². The van der Waals surface area contributed by atoms with Crippen molar-refractivity contribution in [3.63, 3.8) is 0 Å². The Balaban J connectivity index is 0.866. The summed E-state index contributed by atoms with van der Waals surface area (Å²) in [5.74, 6) is 1.34. The van der Waals surface area contributed by atoms with Crippen LogP contribution in [0.5, 0.6) is 0 Å². The quantitative estimate of drug-likeness (QED) is 0.233. The van der Waals surface area contributed by atoms with Gasteiger partial charge in [0.1, 0.15) is 0 Å². The lowest BCUT2D eigenvalue weighted by molar-refractivity contribution is 0.624. The van der Waals surface area contributed by atoms with Crippen molar-refractivity contribution >= 4 is 16.9 Å². The lowest BCUT2D eigenvalue weighted by Gasteiger charge is -2.33. The first-order chi connectivity index (χ1) is 27.8. The van der Waals surface area contributed by atoms with Crippen LogP contribution in [0.3, 0.4) is 0 Å². The van der Waals surface area contributed by atoms with Gasteiger partial charge < -0.3 is 9.80 Å². The van der Waals surface area contributed by atoms with Crippen molar-refractivity contribution < 1.29 is 0 Å². The van der Waals surface area contributed by atoms with Crippen molar-refractivity contribution in [3.05, 3.63) is 208 Å². The number of hydrogen-bond acceptors (Lipinski definition) is 2. The first kappa shape index (κ1) is 33.7. The average Bonchev–Trinajstić information content (AvgIpc) is 3.79. The van der Waals surface area contributed by atoms with Gasteiger partial charge in [0.25, 0.3) is 0 Å². The first-order valence-electron chi connectivity index (χ1n) is 21.3. The molecule has 0 N–H and O–H groups in total. The third-order valence-corrected chi connectivity index (χ3v) is 13.6. The summed E-state index contributed by atoms with van der Waals surface area (Å²) in [6.45, 7) is 0. The Morgan fingerprint density at radius 2 is 1.41 bits per heavy atom. The second kappa shape index (κ2) is 14.2. The highest BCUT2D eigenvalue weighted by Crippen LogP contribution is 2.51. The maximum absolute atomic E-state index is 2.66. The van der Waals surface area contributed by atoms with Crippen LogP contribution in [0.2, 0.25) is 0 Å². The molecule has 6 aliphatic carbocycles. The van der Waals surface area contributed by atoms with Crippen molar-refractivity contribution in [2.24, 2.45) is 17.8 Å². The molecule has 4 atom stereocenters. The predicted octanol–water partition coefficient (Wildman–Crippen LogP) is 13.7. The molecule has 8 aliphatic rings. The zero-order valence-electron chi connectivity index (χ0n) is 32.3. The molecule has 56 heavy (non-hydrogen) atoms. The lowest BCUT2D eigenvalue weighted by Crippen LogP contribution is -2.33. The Labute approximate surface area is 333 Å². The van der Waals surface area contributed by atoms with Crippen LogP contribution >= 0.6 is 0 Å². The first-order valence-corrected chi connectivity index (χ1v) is 21.3. The molecule has 2 heterocycles. The molecule has 2 heteroatoms. The molecule has 2 nitrogen and oxygen atoms in total. The summed E-state index contributed by atoms with van der Waals surface area (Å²) in [6, 6.07) is 29.7. The van der Waals surface area contributed by atoms with E-state index in [4.69, 9.17) is 0 Å². The minimum atomic E-state index is 0.308. The Kier molecular flexibility index (Phi) is 8.53. The van der Waals surface area contributed by atoms with E-state index in [1.807, 2.05) is 0 Å². The summed E-state index contributed by atoms with van der Waals surface area (Å²) in [6.07, 6.45) is 43.7. The van der Waals surface area contributed by atoms with Gasteiger partial charge in [0.2, 0.25) is 0 Å². The largest absolute Gasteiger partial charge is 0.337 e. The Morgan fingerprint density at radius 1 is 0.607 bits per heavy atom. The van der Waals surface area contributed by atoms with Gasteiger partial charge in [0.15, 0.2) is 0 Å². The van der Waals surface area contributed by atoms with Crippen LogP contribution in [0.4, 0.5) is 11.4 Å². The minimum absolute atomic E-state index is 0.308. The van der Waals surface area contributed by atoms with E-state index in [0.717, 1.165) is 38.5 Å². The van der Waals surface area contributed by atoms with Crippen LogP contribution in [-0.4, -0.2) is 6.04 Å². The molecular formula is C54H50N2. The molecular weight excluding hydrogens is 677 g/mol. The number of benzene rings is 3. The van der Waals surface area contributed by atoms with Crippen LogP contribution in [0.1, 0.15) is 69.8 Å². The van der Waals surface area contributed by atoms with Gasteiger partial charge in [-0.25, -0.2) is 0 Å². The summed E-state index contributed by atoms with van der Waals surface area (Å²) < 4.78 is 0. The molecule has 0 spiro atoms. The molecule has 0 bridgehead atoms. The average molecular weight is 727 g/mol. The molecule has 0 radical (unpaired) electrons. The summed E-state index contributed by atoms with van der Waals surface area (Å²) in [4.78, 5) is 5.20. The highest BCUT2D eigenvalue weighted by Gasteiger charge is 2.42. The highest BCUT2D eigenvalue weighted by molar-refractivity contribution is 5.78. The summed E-state index contributed by atoms with van der Waals surface area (Å²) in [7, 11) is 0. The van der Waals surface area contributed by atoms with Crippen molar-refractivity contribution in [3.8, 4) is 11.1 Å². The Morgan fingerprint density at radius 3 is 2.27 bits per heavy atom. The normalized spacial score (nSPS) is 26.2. The number of rotatable bonds is 6. The molecule has 0 saturated heterocycles. The van der Waals surface area contributed by atoms with Crippen molar-refractivity contribution in [2.45, 2.75) is 70.3 Å². The zero-order chi connectivity index (χ0) is 37.0. The van der Waals surface area contributed by atoms with Gasteiger partial charge in [-0.05, 0) is 145 Å². The van der Waals surface area contributed by atoms with Gasteiger partial charge >= 0.3 is 0 Å². The number of anilines is 2.